The molecule has 0 radical (unpaired) electrons. The van der Waals surface area contributed by atoms with Crippen LogP contribution in [0.5, 0.6) is 17.2 Å². The first kappa shape index (κ1) is 24.2. The summed E-state index contributed by atoms with van der Waals surface area (Å²) in [6.45, 7) is 2.88. The predicted octanol–water partition coefficient (Wildman–Crippen LogP) is 4.04. The van der Waals surface area contributed by atoms with E-state index in [1.807, 2.05) is 6.92 Å². The van der Waals surface area contributed by atoms with Crippen molar-refractivity contribution in [3.8, 4) is 17.2 Å². The number of methoxy groups -OCH3 is 3. The third-order valence-electron chi connectivity index (χ3n) is 5.35. The van der Waals surface area contributed by atoms with Crippen LogP contribution in [0.2, 0.25) is 5.02 Å². The highest BCUT2D eigenvalue weighted by Gasteiger charge is 2.31. The lowest BCUT2D eigenvalue weighted by Crippen LogP contribution is -2.39. The molecule has 1 fully saturated rings. The quantitative estimate of drug-likeness (QED) is 0.640. The van der Waals surface area contributed by atoms with Crippen molar-refractivity contribution in [2.45, 2.75) is 24.7 Å². The normalized spacial score (nSPS) is 17.0. The van der Waals surface area contributed by atoms with Crippen molar-refractivity contribution in [1.82, 2.24) is 4.31 Å². The van der Waals surface area contributed by atoms with Gasteiger partial charge in [0.05, 0.1) is 26.4 Å². The fourth-order valence-corrected chi connectivity index (χ4v) is 5.80. The molecule has 2 aromatic carbocycles. The molecule has 0 spiro atoms. The molecule has 3 rings (SSSR count). The van der Waals surface area contributed by atoms with Crippen LogP contribution in [-0.2, 0) is 10.0 Å². The molecule has 10 heteroatoms. The van der Waals surface area contributed by atoms with Crippen LogP contribution >= 0.6 is 11.6 Å². The predicted molar refractivity (Wildman–Crippen MR) is 123 cm³/mol. The zero-order chi connectivity index (χ0) is 23.5. The number of benzene rings is 2. The van der Waals surface area contributed by atoms with E-state index in [0.29, 0.717) is 36.0 Å². The fourth-order valence-electron chi connectivity index (χ4n) is 3.70. The lowest BCUT2D eigenvalue weighted by Gasteiger charge is -2.30. The summed E-state index contributed by atoms with van der Waals surface area (Å²) >= 11 is 6.23. The van der Waals surface area contributed by atoms with Gasteiger partial charge in [-0.15, -0.1) is 0 Å². The third-order valence-corrected chi connectivity index (χ3v) is 7.70. The summed E-state index contributed by atoms with van der Waals surface area (Å²) in [4.78, 5) is 12.8. The summed E-state index contributed by atoms with van der Waals surface area (Å²) in [5, 5.41) is 2.81. The minimum absolute atomic E-state index is 0.0764. The third kappa shape index (κ3) is 4.95. The Morgan fingerprint density at radius 1 is 1.09 bits per heavy atom. The zero-order valence-electron chi connectivity index (χ0n) is 18.5. The van der Waals surface area contributed by atoms with Gasteiger partial charge in [-0.05, 0) is 37.0 Å². The van der Waals surface area contributed by atoms with Crippen LogP contribution in [0.25, 0.3) is 0 Å². The van der Waals surface area contributed by atoms with Crippen molar-refractivity contribution in [2.24, 2.45) is 5.92 Å². The van der Waals surface area contributed by atoms with Gasteiger partial charge in [0.25, 0.3) is 5.91 Å². The Bertz CT molecular complexity index is 1080. The summed E-state index contributed by atoms with van der Waals surface area (Å²) < 4.78 is 43.7. The summed E-state index contributed by atoms with van der Waals surface area (Å²) in [6.07, 6.45) is 1.77. The number of nitrogens with zero attached hydrogens (tertiary/aromatic N) is 1. The van der Waals surface area contributed by atoms with E-state index in [0.717, 1.165) is 12.8 Å². The van der Waals surface area contributed by atoms with Gasteiger partial charge in [0.15, 0.2) is 11.5 Å². The lowest BCUT2D eigenvalue weighted by molar-refractivity contribution is 0.102. The topological polar surface area (TPSA) is 94.2 Å². The number of nitrogens with one attached hydrogen (secondary N) is 1. The number of halogens is 1. The fraction of sp³-hybridized carbons (Fsp3) is 0.409. The molecule has 1 amide bonds. The van der Waals surface area contributed by atoms with Crippen LogP contribution in [0.1, 0.15) is 30.1 Å². The number of carbonyl (C=O) groups is 1. The molecule has 1 heterocycles. The Morgan fingerprint density at radius 2 is 1.75 bits per heavy atom. The maximum absolute atomic E-state index is 13.2. The smallest absolute Gasteiger partial charge is 0.255 e. The number of sulfonamides is 1. The van der Waals surface area contributed by atoms with Gasteiger partial charge in [0, 0.05) is 36.5 Å². The molecule has 1 aliphatic rings. The zero-order valence-corrected chi connectivity index (χ0v) is 20.0. The molecular weight excluding hydrogens is 456 g/mol. The highest BCUT2D eigenvalue weighted by atomic mass is 35.5. The van der Waals surface area contributed by atoms with E-state index in [1.165, 1.54) is 43.8 Å². The van der Waals surface area contributed by atoms with Crippen LogP contribution in [0.3, 0.4) is 0 Å². The van der Waals surface area contributed by atoms with Crippen LogP contribution < -0.4 is 19.5 Å². The maximum atomic E-state index is 13.2. The monoisotopic (exact) mass is 482 g/mol. The molecule has 2 aromatic rings. The number of hydrogen-bond donors (Lipinski definition) is 1. The molecule has 0 bridgehead atoms. The Kier molecular flexibility index (Phi) is 7.53. The van der Waals surface area contributed by atoms with Crippen LogP contribution in [0, 0.1) is 5.92 Å². The van der Waals surface area contributed by atoms with E-state index in [1.54, 1.807) is 12.1 Å². The molecule has 0 aromatic heterocycles. The number of piperidine rings is 1. The van der Waals surface area contributed by atoms with Gasteiger partial charge in [-0.1, -0.05) is 18.5 Å². The minimum Gasteiger partial charge on any atom is -0.493 e. The van der Waals surface area contributed by atoms with E-state index in [-0.39, 0.29) is 21.4 Å². The second-order valence-corrected chi connectivity index (χ2v) is 9.94. The van der Waals surface area contributed by atoms with E-state index < -0.39 is 15.9 Å². The van der Waals surface area contributed by atoms with Gasteiger partial charge in [0.2, 0.25) is 15.8 Å². The molecule has 1 saturated heterocycles. The summed E-state index contributed by atoms with van der Waals surface area (Å²) in [7, 11) is 0.609. The van der Waals surface area contributed by atoms with Crippen molar-refractivity contribution >= 4 is 33.2 Å². The van der Waals surface area contributed by atoms with E-state index in [9.17, 15) is 13.2 Å². The number of anilines is 1. The lowest BCUT2D eigenvalue weighted by atomic mass is 10.0. The van der Waals surface area contributed by atoms with Gasteiger partial charge in [-0.2, -0.15) is 4.31 Å². The summed E-state index contributed by atoms with van der Waals surface area (Å²) in [5.41, 5.74) is 0.556. The first-order valence-electron chi connectivity index (χ1n) is 10.1. The van der Waals surface area contributed by atoms with Crippen molar-refractivity contribution in [3.63, 3.8) is 0 Å². The highest BCUT2D eigenvalue weighted by Crippen LogP contribution is 2.40. The average Bonchev–Trinajstić information content (AvgIpc) is 2.78. The van der Waals surface area contributed by atoms with E-state index >= 15 is 0 Å². The molecule has 0 saturated carbocycles. The second-order valence-electron chi connectivity index (χ2n) is 7.62. The molecule has 1 atom stereocenters. The van der Waals surface area contributed by atoms with Crippen molar-refractivity contribution in [1.29, 1.82) is 0 Å². The summed E-state index contributed by atoms with van der Waals surface area (Å²) in [5.74, 6) is 0.910. The Morgan fingerprint density at radius 3 is 2.31 bits per heavy atom. The van der Waals surface area contributed by atoms with Gasteiger partial charge >= 0.3 is 0 Å². The Labute approximate surface area is 193 Å². The molecule has 1 unspecified atom stereocenters. The second kappa shape index (κ2) is 9.97. The molecule has 1 N–H and O–H groups in total. The Balaban J connectivity index is 1.91. The van der Waals surface area contributed by atoms with Crippen molar-refractivity contribution in [2.75, 3.05) is 39.7 Å². The molecule has 8 nitrogen and oxygen atoms in total. The van der Waals surface area contributed by atoms with Crippen molar-refractivity contribution < 1.29 is 27.4 Å². The number of ether oxygens (including phenoxy) is 3. The highest BCUT2D eigenvalue weighted by molar-refractivity contribution is 7.89. The van der Waals surface area contributed by atoms with Gasteiger partial charge in [-0.25, -0.2) is 8.42 Å². The summed E-state index contributed by atoms with van der Waals surface area (Å²) in [6, 6.07) is 7.38. The first-order valence-corrected chi connectivity index (χ1v) is 11.9. The maximum Gasteiger partial charge on any atom is 0.255 e. The van der Waals surface area contributed by atoms with Gasteiger partial charge in [0.1, 0.15) is 4.90 Å². The number of carbonyl (C=O) groups excluding carboxylic acids is 1. The molecule has 1 aliphatic heterocycles. The van der Waals surface area contributed by atoms with Gasteiger partial charge < -0.3 is 19.5 Å². The number of amides is 1. The molecule has 174 valence electrons. The van der Waals surface area contributed by atoms with Gasteiger partial charge in [-0.3, -0.25) is 4.79 Å². The molecule has 0 aliphatic carbocycles. The number of hydrogen-bond acceptors (Lipinski definition) is 6. The van der Waals surface area contributed by atoms with E-state index in [4.69, 9.17) is 25.8 Å². The van der Waals surface area contributed by atoms with Crippen LogP contribution in [-0.4, -0.2) is 53.0 Å². The van der Waals surface area contributed by atoms with Crippen LogP contribution in [0.4, 0.5) is 5.69 Å². The molecular formula is C22H27ClN2O6S. The first-order chi connectivity index (χ1) is 15.2. The molecule has 32 heavy (non-hydrogen) atoms. The number of rotatable bonds is 7. The van der Waals surface area contributed by atoms with E-state index in [2.05, 4.69) is 5.32 Å². The standard InChI is InChI=1S/C22H27ClN2O6S/c1-14-6-5-9-25(13-14)32(27,28)20-10-15(7-8-17(20)23)22(26)24-16-11-18(29-2)21(31-4)19(12-16)30-3/h7-8,10-12,14H,5-6,9,13H2,1-4H3,(H,24,26). The average molecular weight is 483 g/mol. The Hall–Kier alpha value is -2.49. The largest absolute Gasteiger partial charge is 0.493 e. The minimum atomic E-state index is -3.82. The SMILES string of the molecule is COc1cc(NC(=O)c2ccc(Cl)c(S(=O)(=O)N3CCCC(C)C3)c2)cc(OC)c1OC. The van der Waals surface area contributed by atoms with Crippen LogP contribution in [0.15, 0.2) is 35.2 Å². The van der Waals surface area contributed by atoms with Crippen molar-refractivity contribution in [3.05, 3.63) is 40.9 Å².